The number of aryl methyl sites for hydroxylation is 1. The summed E-state index contributed by atoms with van der Waals surface area (Å²) in [6, 6.07) is 6.92. The fourth-order valence-corrected chi connectivity index (χ4v) is 1.85. The highest BCUT2D eigenvalue weighted by atomic mass is 16.2. The average molecular weight is 261 g/mol. The van der Waals surface area contributed by atoms with Crippen molar-refractivity contribution >= 4 is 11.7 Å². The van der Waals surface area contributed by atoms with E-state index in [0.29, 0.717) is 5.56 Å². The maximum absolute atomic E-state index is 12.1. The van der Waals surface area contributed by atoms with E-state index >= 15 is 0 Å². The standard InChI is InChI=1S/C16H23NO2/c1-10(2)14(15(18)11(3)4)17-16(19)13-8-6-12(5)7-9-13/h6-11,14H,1-5H3,(H,17,19)/t14-/m0/s1. The van der Waals surface area contributed by atoms with Gasteiger partial charge in [0.15, 0.2) is 5.78 Å². The molecular weight excluding hydrogens is 238 g/mol. The average Bonchev–Trinajstić information content (AvgIpc) is 2.35. The Morgan fingerprint density at radius 2 is 1.53 bits per heavy atom. The summed E-state index contributed by atoms with van der Waals surface area (Å²) in [6.07, 6.45) is 0. The van der Waals surface area contributed by atoms with E-state index in [1.54, 1.807) is 12.1 Å². The number of Topliss-reactive ketones (excluding diaryl/α,β-unsaturated/α-hetero) is 1. The SMILES string of the molecule is Cc1ccc(C(=O)N[C@H](C(=O)C(C)C)C(C)C)cc1. The number of nitrogens with one attached hydrogen (secondary N) is 1. The zero-order chi connectivity index (χ0) is 14.6. The quantitative estimate of drug-likeness (QED) is 0.885. The largest absolute Gasteiger partial charge is 0.342 e. The number of ketones is 1. The predicted octanol–water partition coefficient (Wildman–Crippen LogP) is 2.97. The summed E-state index contributed by atoms with van der Waals surface area (Å²) in [5.74, 6) is -0.0989. The molecule has 0 aliphatic carbocycles. The van der Waals surface area contributed by atoms with Gasteiger partial charge in [-0.2, -0.15) is 0 Å². The molecule has 3 nitrogen and oxygen atoms in total. The molecule has 1 amide bonds. The molecule has 1 N–H and O–H groups in total. The molecule has 0 heterocycles. The molecule has 0 spiro atoms. The van der Waals surface area contributed by atoms with Gasteiger partial charge in [0, 0.05) is 11.5 Å². The van der Waals surface area contributed by atoms with E-state index in [2.05, 4.69) is 5.32 Å². The third kappa shape index (κ3) is 4.19. The zero-order valence-corrected chi connectivity index (χ0v) is 12.4. The Hall–Kier alpha value is -1.64. The first-order valence-electron chi connectivity index (χ1n) is 6.74. The fraction of sp³-hybridized carbons (Fsp3) is 0.500. The van der Waals surface area contributed by atoms with Crippen molar-refractivity contribution in [1.29, 1.82) is 0 Å². The van der Waals surface area contributed by atoms with Crippen LogP contribution in [0.2, 0.25) is 0 Å². The summed E-state index contributed by atoms with van der Waals surface area (Å²) in [5.41, 5.74) is 1.70. The molecule has 19 heavy (non-hydrogen) atoms. The number of hydrogen-bond acceptors (Lipinski definition) is 2. The summed E-state index contributed by atoms with van der Waals surface area (Å²) in [7, 11) is 0. The Balaban J connectivity index is 2.82. The Bertz CT molecular complexity index is 446. The summed E-state index contributed by atoms with van der Waals surface area (Å²) in [5, 5.41) is 2.84. The molecule has 0 bridgehead atoms. The van der Waals surface area contributed by atoms with Crippen molar-refractivity contribution < 1.29 is 9.59 Å². The van der Waals surface area contributed by atoms with Gasteiger partial charge in [-0.05, 0) is 25.0 Å². The highest BCUT2D eigenvalue weighted by Crippen LogP contribution is 2.11. The number of benzene rings is 1. The number of carbonyl (C=O) groups is 2. The summed E-state index contributed by atoms with van der Waals surface area (Å²) in [6.45, 7) is 9.58. The molecule has 104 valence electrons. The van der Waals surface area contributed by atoms with Crippen molar-refractivity contribution in [3.05, 3.63) is 35.4 Å². The summed E-state index contributed by atoms with van der Waals surface area (Å²) in [4.78, 5) is 24.2. The lowest BCUT2D eigenvalue weighted by atomic mass is 9.92. The number of rotatable bonds is 5. The zero-order valence-electron chi connectivity index (χ0n) is 12.4. The van der Waals surface area contributed by atoms with E-state index in [1.165, 1.54) is 0 Å². The molecule has 3 heteroatoms. The molecule has 0 aromatic heterocycles. The Kier molecular flexibility index (Phi) is 5.28. The maximum Gasteiger partial charge on any atom is 0.251 e. The second-order valence-electron chi connectivity index (χ2n) is 5.62. The first-order chi connectivity index (χ1) is 8.82. The van der Waals surface area contributed by atoms with Gasteiger partial charge in [0.2, 0.25) is 0 Å². The van der Waals surface area contributed by atoms with Crippen LogP contribution in [0, 0.1) is 18.8 Å². The minimum Gasteiger partial charge on any atom is -0.342 e. The Morgan fingerprint density at radius 3 is 1.95 bits per heavy atom. The van der Waals surface area contributed by atoms with Crippen LogP contribution < -0.4 is 5.32 Å². The van der Waals surface area contributed by atoms with Crippen LogP contribution >= 0.6 is 0 Å². The first kappa shape index (κ1) is 15.4. The van der Waals surface area contributed by atoms with Crippen molar-refractivity contribution in [2.24, 2.45) is 11.8 Å². The van der Waals surface area contributed by atoms with Crippen molar-refractivity contribution in [3.63, 3.8) is 0 Å². The number of carbonyl (C=O) groups excluding carboxylic acids is 2. The third-order valence-corrected chi connectivity index (χ3v) is 3.14. The van der Waals surface area contributed by atoms with Crippen molar-refractivity contribution in [3.8, 4) is 0 Å². The minimum absolute atomic E-state index is 0.0780. The van der Waals surface area contributed by atoms with E-state index < -0.39 is 6.04 Å². The van der Waals surface area contributed by atoms with Crippen LogP contribution in [0.4, 0.5) is 0 Å². The normalized spacial score (nSPS) is 12.6. The molecule has 0 fully saturated rings. The number of amides is 1. The molecule has 0 saturated carbocycles. The highest BCUT2D eigenvalue weighted by Gasteiger charge is 2.26. The lowest BCUT2D eigenvalue weighted by Gasteiger charge is -2.23. The fourth-order valence-electron chi connectivity index (χ4n) is 1.85. The predicted molar refractivity (Wildman–Crippen MR) is 77.1 cm³/mol. The first-order valence-corrected chi connectivity index (χ1v) is 6.74. The lowest BCUT2D eigenvalue weighted by Crippen LogP contribution is -2.46. The maximum atomic E-state index is 12.1. The van der Waals surface area contributed by atoms with Crippen LogP contribution in [0.15, 0.2) is 24.3 Å². The molecule has 0 radical (unpaired) electrons. The van der Waals surface area contributed by atoms with Crippen LogP contribution in [-0.2, 0) is 4.79 Å². The van der Waals surface area contributed by atoms with Crippen LogP contribution in [0.25, 0.3) is 0 Å². The second kappa shape index (κ2) is 6.50. The molecule has 0 aliphatic rings. The summed E-state index contributed by atoms with van der Waals surface area (Å²) >= 11 is 0. The van der Waals surface area contributed by atoms with Gasteiger partial charge in [-0.25, -0.2) is 0 Å². The molecule has 1 aromatic carbocycles. The smallest absolute Gasteiger partial charge is 0.251 e. The molecule has 0 saturated heterocycles. The van der Waals surface area contributed by atoms with Crippen molar-refractivity contribution in [2.45, 2.75) is 40.7 Å². The van der Waals surface area contributed by atoms with Gasteiger partial charge in [-0.1, -0.05) is 45.4 Å². The van der Waals surface area contributed by atoms with Gasteiger partial charge in [0.05, 0.1) is 6.04 Å². The highest BCUT2D eigenvalue weighted by molar-refractivity contribution is 5.98. The molecule has 0 aliphatic heterocycles. The second-order valence-corrected chi connectivity index (χ2v) is 5.62. The molecule has 1 aromatic rings. The van der Waals surface area contributed by atoms with Gasteiger partial charge in [0.25, 0.3) is 5.91 Å². The lowest BCUT2D eigenvalue weighted by molar-refractivity contribution is -0.124. The minimum atomic E-state index is -0.422. The van der Waals surface area contributed by atoms with E-state index in [-0.39, 0.29) is 23.5 Å². The molecule has 1 atom stereocenters. The third-order valence-electron chi connectivity index (χ3n) is 3.14. The van der Waals surface area contributed by atoms with Crippen LogP contribution in [0.5, 0.6) is 0 Å². The summed E-state index contributed by atoms with van der Waals surface area (Å²) < 4.78 is 0. The Labute approximate surface area is 115 Å². The van der Waals surface area contributed by atoms with Crippen molar-refractivity contribution in [1.82, 2.24) is 5.32 Å². The van der Waals surface area contributed by atoms with E-state index in [1.807, 2.05) is 46.8 Å². The monoisotopic (exact) mass is 261 g/mol. The van der Waals surface area contributed by atoms with Crippen LogP contribution in [0.3, 0.4) is 0 Å². The van der Waals surface area contributed by atoms with E-state index in [4.69, 9.17) is 0 Å². The van der Waals surface area contributed by atoms with Crippen molar-refractivity contribution in [2.75, 3.05) is 0 Å². The van der Waals surface area contributed by atoms with E-state index in [0.717, 1.165) is 5.56 Å². The molecule has 0 unspecified atom stereocenters. The molecule has 1 rings (SSSR count). The van der Waals surface area contributed by atoms with Gasteiger partial charge >= 0.3 is 0 Å². The van der Waals surface area contributed by atoms with Crippen LogP contribution in [-0.4, -0.2) is 17.7 Å². The topological polar surface area (TPSA) is 46.2 Å². The number of hydrogen-bond donors (Lipinski definition) is 1. The molecular formula is C16H23NO2. The Morgan fingerprint density at radius 1 is 1.00 bits per heavy atom. The van der Waals surface area contributed by atoms with Gasteiger partial charge in [-0.3, -0.25) is 9.59 Å². The van der Waals surface area contributed by atoms with E-state index in [9.17, 15) is 9.59 Å². The van der Waals surface area contributed by atoms with Crippen LogP contribution in [0.1, 0.15) is 43.6 Å². The van der Waals surface area contributed by atoms with Gasteiger partial charge in [0.1, 0.15) is 0 Å². The van der Waals surface area contributed by atoms with Gasteiger partial charge < -0.3 is 5.32 Å². The van der Waals surface area contributed by atoms with Gasteiger partial charge in [-0.15, -0.1) is 0 Å².